The maximum Gasteiger partial charge on any atom is 0.143 e. The van der Waals surface area contributed by atoms with Crippen LogP contribution in [0, 0.1) is 6.92 Å². The second-order valence-electron chi connectivity index (χ2n) is 5.28. The Morgan fingerprint density at radius 3 is 2.82 bits per heavy atom. The molecule has 0 bridgehead atoms. The van der Waals surface area contributed by atoms with Crippen LogP contribution in [-0.2, 0) is 0 Å². The van der Waals surface area contributed by atoms with Crippen LogP contribution in [0.5, 0.6) is 5.75 Å². The Hall–Kier alpha value is -0.730. The number of hydrogen-bond acceptors (Lipinski definition) is 2. The zero-order valence-electron chi connectivity index (χ0n) is 10.9. The predicted molar refractivity (Wildman–Crippen MR) is 71.9 cm³/mol. The number of aryl methyl sites for hydroxylation is 1. The number of ether oxygens (including phenoxy) is 1. The Morgan fingerprint density at radius 1 is 1.47 bits per heavy atom. The van der Waals surface area contributed by atoms with Gasteiger partial charge in [0.15, 0.2) is 0 Å². The molecule has 0 saturated heterocycles. The van der Waals surface area contributed by atoms with Gasteiger partial charge in [-0.1, -0.05) is 24.6 Å². The third kappa shape index (κ3) is 2.43. The highest BCUT2D eigenvalue weighted by molar-refractivity contribution is 6.32. The van der Waals surface area contributed by atoms with E-state index in [-0.39, 0.29) is 5.60 Å². The summed E-state index contributed by atoms with van der Waals surface area (Å²) < 4.78 is 6.04. The summed E-state index contributed by atoms with van der Waals surface area (Å²) in [6.45, 7) is 9.41. The molecule has 0 aliphatic carbocycles. The molecule has 1 aliphatic heterocycles. The standard InChI is InChI=1S/C14H20ClNO/c1-5-16-11-8-14(3,4)17-13-10(15)7-6-9(2)12(11)13/h6-7,11,16H,5,8H2,1-4H3. The number of benzene rings is 1. The molecule has 17 heavy (non-hydrogen) atoms. The van der Waals surface area contributed by atoms with E-state index < -0.39 is 0 Å². The van der Waals surface area contributed by atoms with Crippen LogP contribution in [0.15, 0.2) is 12.1 Å². The lowest BCUT2D eigenvalue weighted by atomic mass is 9.87. The highest BCUT2D eigenvalue weighted by atomic mass is 35.5. The second-order valence-corrected chi connectivity index (χ2v) is 5.69. The van der Waals surface area contributed by atoms with E-state index in [1.54, 1.807) is 0 Å². The molecule has 1 aromatic rings. The maximum absolute atomic E-state index is 6.25. The third-order valence-electron chi connectivity index (χ3n) is 3.24. The molecule has 1 atom stereocenters. The fraction of sp³-hybridized carbons (Fsp3) is 0.571. The Morgan fingerprint density at radius 2 is 2.18 bits per heavy atom. The van der Waals surface area contributed by atoms with E-state index in [9.17, 15) is 0 Å². The lowest BCUT2D eigenvalue weighted by molar-refractivity contribution is 0.0663. The lowest BCUT2D eigenvalue weighted by Gasteiger charge is -2.39. The molecule has 2 nitrogen and oxygen atoms in total. The molecule has 0 amide bonds. The van der Waals surface area contributed by atoms with Gasteiger partial charge in [0.1, 0.15) is 11.4 Å². The van der Waals surface area contributed by atoms with Gasteiger partial charge in [0.2, 0.25) is 0 Å². The molecular formula is C14H20ClNO. The third-order valence-corrected chi connectivity index (χ3v) is 3.54. The molecule has 1 aromatic carbocycles. The normalized spacial score (nSPS) is 21.8. The summed E-state index contributed by atoms with van der Waals surface area (Å²) in [4.78, 5) is 0. The first kappa shape index (κ1) is 12.7. The summed E-state index contributed by atoms with van der Waals surface area (Å²) in [5, 5.41) is 4.24. The minimum atomic E-state index is -0.169. The first-order chi connectivity index (χ1) is 7.94. The van der Waals surface area contributed by atoms with Crippen molar-refractivity contribution in [2.45, 2.75) is 45.8 Å². The van der Waals surface area contributed by atoms with Crippen LogP contribution in [0.25, 0.3) is 0 Å². The van der Waals surface area contributed by atoms with E-state index in [0.29, 0.717) is 11.1 Å². The van der Waals surface area contributed by atoms with Gasteiger partial charge < -0.3 is 10.1 Å². The van der Waals surface area contributed by atoms with Crippen LogP contribution in [0.2, 0.25) is 5.02 Å². The van der Waals surface area contributed by atoms with Crippen molar-refractivity contribution in [3.63, 3.8) is 0 Å². The van der Waals surface area contributed by atoms with E-state index in [4.69, 9.17) is 16.3 Å². The summed E-state index contributed by atoms with van der Waals surface area (Å²) in [6.07, 6.45) is 0.967. The van der Waals surface area contributed by atoms with E-state index in [1.807, 2.05) is 6.07 Å². The predicted octanol–water partition coefficient (Wildman–Crippen LogP) is 3.86. The summed E-state index contributed by atoms with van der Waals surface area (Å²) >= 11 is 6.25. The van der Waals surface area contributed by atoms with Crippen LogP contribution in [-0.4, -0.2) is 12.1 Å². The van der Waals surface area contributed by atoms with E-state index >= 15 is 0 Å². The van der Waals surface area contributed by atoms with Gasteiger partial charge in [-0.15, -0.1) is 0 Å². The summed E-state index contributed by atoms with van der Waals surface area (Å²) in [5.74, 6) is 0.855. The van der Waals surface area contributed by atoms with Gasteiger partial charge in [-0.3, -0.25) is 0 Å². The molecule has 1 unspecified atom stereocenters. The van der Waals surface area contributed by atoms with E-state index in [2.05, 4.69) is 39.1 Å². The van der Waals surface area contributed by atoms with Gasteiger partial charge in [0.25, 0.3) is 0 Å². The molecule has 1 heterocycles. The SMILES string of the molecule is CCNC1CC(C)(C)Oc2c(Cl)ccc(C)c21. The van der Waals surface area contributed by atoms with E-state index in [0.717, 1.165) is 18.7 Å². The molecular weight excluding hydrogens is 234 g/mol. The molecule has 0 saturated carbocycles. The lowest BCUT2D eigenvalue weighted by Crippen LogP contribution is -2.40. The number of rotatable bonds is 2. The maximum atomic E-state index is 6.25. The fourth-order valence-electron chi connectivity index (χ4n) is 2.54. The van der Waals surface area contributed by atoms with Gasteiger partial charge in [0, 0.05) is 18.0 Å². The number of nitrogens with one attached hydrogen (secondary N) is 1. The van der Waals surface area contributed by atoms with Crippen LogP contribution in [0.4, 0.5) is 0 Å². The Labute approximate surface area is 108 Å². The van der Waals surface area contributed by atoms with Gasteiger partial charge >= 0.3 is 0 Å². The van der Waals surface area contributed by atoms with Crippen molar-refractivity contribution < 1.29 is 4.74 Å². The van der Waals surface area contributed by atoms with Gasteiger partial charge in [0.05, 0.1) is 5.02 Å². The van der Waals surface area contributed by atoms with Gasteiger partial charge in [-0.05, 0) is 38.9 Å². The van der Waals surface area contributed by atoms with Crippen LogP contribution in [0.3, 0.4) is 0 Å². The molecule has 0 aromatic heterocycles. The monoisotopic (exact) mass is 253 g/mol. The number of hydrogen-bond donors (Lipinski definition) is 1. The topological polar surface area (TPSA) is 21.3 Å². The van der Waals surface area contributed by atoms with Gasteiger partial charge in [-0.2, -0.15) is 0 Å². The van der Waals surface area contributed by atoms with Crippen molar-refractivity contribution in [3.05, 3.63) is 28.3 Å². The Bertz CT molecular complexity index is 428. The van der Waals surface area contributed by atoms with Crippen molar-refractivity contribution in [2.24, 2.45) is 0 Å². The zero-order chi connectivity index (χ0) is 12.6. The van der Waals surface area contributed by atoms with Crippen LogP contribution >= 0.6 is 11.6 Å². The van der Waals surface area contributed by atoms with Gasteiger partial charge in [-0.25, -0.2) is 0 Å². The molecule has 2 rings (SSSR count). The average Bonchev–Trinajstić information content (AvgIpc) is 2.22. The molecule has 3 heteroatoms. The molecule has 1 N–H and O–H groups in total. The summed E-state index contributed by atoms with van der Waals surface area (Å²) in [5.41, 5.74) is 2.29. The number of halogens is 1. The van der Waals surface area contributed by atoms with E-state index in [1.165, 1.54) is 11.1 Å². The Balaban J connectivity index is 2.52. The summed E-state index contributed by atoms with van der Waals surface area (Å²) in [6, 6.07) is 4.31. The van der Waals surface area contributed by atoms with Crippen LogP contribution in [0.1, 0.15) is 44.4 Å². The van der Waals surface area contributed by atoms with Crippen LogP contribution < -0.4 is 10.1 Å². The fourth-order valence-corrected chi connectivity index (χ4v) is 2.74. The largest absolute Gasteiger partial charge is 0.486 e. The summed E-state index contributed by atoms with van der Waals surface area (Å²) in [7, 11) is 0. The Kier molecular flexibility index (Phi) is 3.37. The minimum absolute atomic E-state index is 0.169. The van der Waals surface area contributed by atoms with Crippen molar-refractivity contribution >= 4 is 11.6 Å². The quantitative estimate of drug-likeness (QED) is 0.864. The van der Waals surface area contributed by atoms with Crippen molar-refractivity contribution in [1.82, 2.24) is 5.32 Å². The first-order valence-electron chi connectivity index (χ1n) is 6.16. The van der Waals surface area contributed by atoms with Crippen molar-refractivity contribution in [3.8, 4) is 5.75 Å². The molecule has 0 radical (unpaired) electrons. The van der Waals surface area contributed by atoms with Crippen molar-refractivity contribution in [2.75, 3.05) is 6.54 Å². The molecule has 0 spiro atoms. The molecule has 0 fully saturated rings. The second kappa shape index (κ2) is 4.51. The average molecular weight is 254 g/mol. The molecule has 94 valence electrons. The smallest absolute Gasteiger partial charge is 0.143 e. The number of fused-ring (bicyclic) bond motifs is 1. The molecule has 1 aliphatic rings. The zero-order valence-corrected chi connectivity index (χ0v) is 11.7. The van der Waals surface area contributed by atoms with Crippen molar-refractivity contribution in [1.29, 1.82) is 0 Å². The minimum Gasteiger partial charge on any atom is -0.486 e. The highest BCUT2D eigenvalue weighted by Gasteiger charge is 2.35. The highest BCUT2D eigenvalue weighted by Crippen LogP contribution is 2.44. The first-order valence-corrected chi connectivity index (χ1v) is 6.54.